The molecule has 2 aromatic rings. The number of rotatable bonds is 2. The molecule has 2 atom stereocenters. The monoisotopic (exact) mass is 254 g/mol. The third-order valence-corrected chi connectivity index (χ3v) is 3.86. The Balaban J connectivity index is 1.76. The van der Waals surface area contributed by atoms with Gasteiger partial charge in [-0.15, -0.1) is 0 Å². The topological polar surface area (TPSA) is 55.1 Å². The number of hydrogen-bond acceptors (Lipinski definition) is 2. The Bertz CT molecular complexity index is 608. The lowest BCUT2D eigenvalue weighted by molar-refractivity contribution is -0.119. The molecule has 19 heavy (non-hydrogen) atoms. The van der Waals surface area contributed by atoms with Gasteiger partial charge in [0.15, 0.2) is 0 Å². The van der Waals surface area contributed by atoms with Crippen molar-refractivity contribution in [2.45, 2.75) is 25.3 Å². The summed E-state index contributed by atoms with van der Waals surface area (Å²) in [5, 5.41) is 5.33. The summed E-state index contributed by atoms with van der Waals surface area (Å²) in [6, 6.07) is 14.3. The number of carbonyl (C=O) groups is 1. The highest BCUT2D eigenvalue weighted by atomic mass is 16.1. The maximum absolute atomic E-state index is 12.1. The van der Waals surface area contributed by atoms with E-state index in [1.165, 1.54) is 5.39 Å². The van der Waals surface area contributed by atoms with E-state index in [4.69, 9.17) is 5.73 Å². The van der Waals surface area contributed by atoms with Crippen LogP contribution in [-0.4, -0.2) is 11.9 Å². The zero-order chi connectivity index (χ0) is 13.2. The van der Waals surface area contributed by atoms with Crippen LogP contribution in [0.5, 0.6) is 0 Å². The first kappa shape index (κ1) is 12.2. The van der Waals surface area contributed by atoms with Crippen molar-refractivity contribution in [1.29, 1.82) is 0 Å². The zero-order valence-electron chi connectivity index (χ0n) is 10.8. The van der Waals surface area contributed by atoms with Crippen molar-refractivity contribution in [3.63, 3.8) is 0 Å². The Morgan fingerprint density at radius 1 is 1.11 bits per heavy atom. The summed E-state index contributed by atoms with van der Waals surface area (Å²) >= 11 is 0. The fourth-order valence-electron chi connectivity index (χ4n) is 2.77. The molecule has 0 saturated heterocycles. The fraction of sp³-hybridized carbons (Fsp3) is 0.312. The van der Waals surface area contributed by atoms with E-state index in [1.807, 2.05) is 30.3 Å². The number of amides is 1. The van der Waals surface area contributed by atoms with Crippen LogP contribution in [0, 0.1) is 5.92 Å². The first-order chi connectivity index (χ1) is 9.22. The fourth-order valence-corrected chi connectivity index (χ4v) is 2.77. The molecular formula is C16H18N2O. The molecule has 2 unspecified atom stereocenters. The van der Waals surface area contributed by atoms with Gasteiger partial charge in [-0.2, -0.15) is 0 Å². The van der Waals surface area contributed by atoms with Gasteiger partial charge in [0.2, 0.25) is 5.91 Å². The van der Waals surface area contributed by atoms with E-state index < -0.39 is 0 Å². The number of fused-ring (bicyclic) bond motifs is 1. The van der Waals surface area contributed by atoms with Crippen molar-refractivity contribution in [3.05, 3.63) is 42.5 Å². The van der Waals surface area contributed by atoms with Crippen molar-refractivity contribution in [2.75, 3.05) is 5.32 Å². The molecule has 1 aliphatic carbocycles. The van der Waals surface area contributed by atoms with Gasteiger partial charge in [-0.25, -0.2) is 0 Å². The number of hydrogen-bond donors (Lipinski definition) is 2. The van der Waals surface area contributed by atoms with E-state index in [1.54, 1.807) is 0 Å². The van der Waals surface area contributed by atoms with Gasteiger partial charge in [-0.1, -0.05) is 30.3 Å². The maximum atomic E-state index is 12.1. The molecule has 2 aromatic carbocycles. The summed E-state index contributed by atoms with van der Waals surface area (Å²) in [6.45, 7) is 0. The lowest BCUT2D eigenvalue weighted by Gasteiger charge is -2.11. The van der Waals surface area contributed by atoms with Crippen LogP contribution in [0.25, 0.3) is 10.8 Å². The molecule has 3 nitrogen and oxygen atoms in total. The Labute approximate surface area is 112 Å². The van der Waals surface area contributed by atoms with Crippen molar-refractivity contribution in [1.82, 2.24) is 0 Å². The SMILES string of the molecule is NC1CCC(C(=O)Nc2ccc3ccccc3c2)C1. The lowest BCUT2D eigenvalue weighted by atomic mass is 10.1. The Hall–Kier alpha value is -1.87. The van der Waals surface area contributed by atoms with Crippen LogP contribution in [0.3, 0.4) is 0 Å². The second kappa shape index (κ2) is 5.02. The quantitative estimate of drug-likeness (QED) is 0.865. The van der Waals surface area contributed by atoms with E-state index in [0.717, 1.165) is 30.3 Å². The summed E-state index contributed by atoms with van der Waals surface area (Å²) in [5.41, 5.74) is 6.72. The molecule has 98 valence electrons. The largest absolute Gasteiger partial charge is 0.328 e. The van der Waals surface area contributed by atoms with Crippen LogP contribution in [0.2, 0.25) is 0 Å². The molecule has 3 rings (SSSR count). The minimum atomic E-state index is 0.0708. The van der Waals surface area contributed by atoms with Crippen LogP contribution in [0.15, 0.2) is 42.5 Å². The molecule has 0 heterocycles. The van der Waals surface area contributed by atoms with Crippen LogP contribution < -0.4 is 11.1 Å². The second-order valence-corrected chi connectivity index (χ2v) is 5.32. The van der Waals surface area contributed by atoms with Crippen LogP contribution in [0.4, 0.5) is 5.69 Å². The summed E-state index contributed by atoms with van der Waals surface area (Å²) in [4.78, 5) is 12.1. The normalized spacial score (nSPS) is 22.6. The van der Waals surface area contributed by atoms with E-state index in [0.29, 0.717) is 0 Å². The standard InChI is InChI=1S/C16H18N2O/c17-14-7-5-13(9-14)16(19)18-15-8-6-11-3-1-2-4-12(11)10-15/h1-4,6,8,10,13-14H,5,7,9,17H2,(H,18,19). The predicted molar refractivity (Wildman–Crippen MR) is 77.9 cm³/mol. The summed E-state index contributed by atoms with van der Waals surface area (Å²) in [6.07, 6.45) is 2.66. The molecule has 1 aliphatic rings. The Kier molecular flexibility index (Phi) is 3.22. The van der Waals surface area contributed by atoms with Gasteiger partial charge in [-0.3, -0.25) is 4.79 Å². The van der Waals surface area contributed by atoms with Gasteiger partial charge in [0.1, 0.15) is 0 Å². The third-order valence-electron chi connectivity index (χ3n) is 3.86. The van der Waals surface area contributed by atoms with Crippen molar-refractivity contribution >= 4 is 22.4 Å². The molecule has 3 heteroatoms. The summed E-state index contributed by atoms with van der Waals surface area (Å²) in [5.74, 6) is 0.171. The highest BCUT2D eigenvalue weighted by molar-refractivity contribution is 5.95. The van der Waals surface area contributed by atoms with Crippen LogP contribution in [0.1, 0.15) is 19.3 Å². The van der Waals surface area contributed by atoms with E-state index >= 15 is 0 Å². The lowest BCUT2D eigenvalue weighted by Crippen LogP contribution is -2.23. The first-order valence-corrected chi connectivity index (χ1v) is 6.77. The van der Waals surface area contributed by atoms with Crippen LogP contribution in [-0.2, 0) is 4.79 Å². The Morgan fingerprint density at radius 2 is 1.89 bits per heavy atom. The van der Waals surface area contributed by atoms with Gasteiger partial charge in [0.05, 0.1) is 0 Å². The Morgan fingerprint density at radius 3 is 2.63 bits per heavy atom. The van der Waals surface area contributed by atoms with Gasteiger partial charge < -0.3 is 11.1 Å². The molecule has 0 aliphatic heterocycles. The van der Waals surface area contributed by atoms with Gasteiger partial charge >= 0.3 is 0 Å². The molecular weight excluding hydrogens is 236 g/mol. The number of benzene rings is 2. The average molecular weight is 254 g/mol. The molecule has 0 radical (unpaired) electrons. The molecule has 1 amide bonds. The smallest absolute Gasteiger partial charge is 0.227 e. The van der Waals surface area contributed by atoms with Gasteiger partial charge in [0, 0.05) is 17.6 Å². The highest BCUT2D eigenvalue weighted by Gasteiger charge is 2.27. The molecule has 1 fully saturated rings. The van der Waals surface area contributed by atoms with Crippen molar-refractivity contribution in [3.8, 4) is 0 Å². The summed E-state index contributed by atoms with van der Waals surface area (Å²) < 4.78 is 0. The number of nitrogens with one attached hydrogen (secondary N) is 1. The molecule has 0 spiro atoms. The maximum Gasteiger partial charge on any atom is 0.227 e. The van der Waals surface area contributed by atoms with Gasteiger partial charge in [0.25, 0.3) is 0 Å². The van der Waals surface area contributed by atoms with E-state index in [2.05, 4.69) is 17.4 Å². The third kappa shape index (κ3) is 2.61. The zero-order valence-corrected chi connectivity index (χ0v) is 10.8. The molecule has 1 saturated carbocycles. The minimum absolute atomic E-state index is 0.0708. The van der Waals surface area contributed by atoms with Crippen LogP contribution >= 0.6 is 0 Å². The van der Waals surface area contributed by atoms with Crippen molar-refractivity contribution in [2.24, 2.45) is 11.7 Å². The minimum Gasteiger partial charge on any atom is -0.328 e. The highest BCUT2D eigenvalue weighted by Crippen LogP contribution is 2.26. The summed E-state index contributed by atoms with van der Waals surface area (Å²) in [7, 11) is 0. The average Bonchev–Trinajstić information content (AvgIpc) is 2.85. The number of nitrogens with two attached hydrogens (primary N) is 1. The predicted octanol–water partition coefficient (Wildman–Crippen LogP) is 2.91. The van der Waals surface area contributed by atoms with E-state index in [9.17, 15) is 4.79 Å². The number of carbonyl (C=O) groups excluding carboxylic acids is 1. The first-order valence-electron chi connectivity index (χ1n) is 6.77. The van der Waals surface area contributed by atoms with Gasteiger partial charge in [-0.05, 0) is 42.2 Å². The van der Waals surface area contributed by atoms with E-state index in [-0.39, 0.29) is 17.9 Å². The molecule has 0 aromatic heterocycles. The second-order valence-electron chi connectivity index (χ2n) is 5.32. The molecule has 0 bridgehead atoms. The number of anilines is 1. The van der Waals surface area contributed by atoms with Crippen molar-refractivity contribution < 1.29 is 4.79 Å². The molecule has 3 N–H and O–H groups in total.